The van der Waals surface area contributed by atoms with Crippen molar-refractivity contribution < 1.29 is 0 Å². The Kier molecular flexibility index (Phi) is 4.35. The van der Waals surface area contributed by atoms with Crippen molar-refractivity contribution in [3.05, 3.63) is 35.4 Å². The van der Waals surface area contributed by atoms with Crippen molar-refractivity contribution in [3.8, 4) is 6.07 Å². The second kappa shape index (κ2) is 5.99. The van der Waals surface area contributed by atoms with Crippen molar-refractivity contribution in [1.82, 2.24) is 4.90 Å². The number of nitrogens with two attached hydrogens (primary N) is 1. The Morgan fingerprint density at radius 1 is 1.50 bits per heavy atom. The van der Waals surface area contributed by atoms with Gasteiger partial charge in [-0.1, -0.05) is 18.2 Å². The first-order valence-electron chi connectivity index (χ1n) is 6.66. The van der Waals surface area contributed by atoms with Gasteiger partial charge in [0.25, 0.3) is 0 Å². The molecule has 2 atom stereocenters. The highest BCUT2D eigenvalue weighted by Crippen LogP contribution is 2.21. The molecule has 0 saturated carbocycles. The molecule has 3 nitrogen and oxygen atoms in total. The molecule has 0 radical (unpaired) electrons. The van der Waals surface area contributed by atoms with E-state index in [1.54, 1.807) is 0 Å². The average molecular weight is 243 g/mol. The number of likely N-dealkylation sites (tertiary alicyclic amines) is 1. The number of benzene rings is 1. The maximum atomic E-state index is 9.10. The van der Waals surface area contributed by atoms with Crippen LogP contribution in [0.3, 0.4) is 0 Å². The summed E-state index contributed by atoms with van der Waals surface area (Å²) in [6, 6.07) is 10.4. The van der Waals surface area contributed by atoms with Crippen LogP contribution in [0.15, 0.2) is 24.3 Å². The van der Waals surface area contributed by atoms with Gasteiger partial charge in [-0.25, -0.2) is 0 Å². The molecule has 2 unspecified atom stereocenters. The lowest BCUT2D eigenvalue weighted by Gasteiger charge is -2.34. The maximum absolute atomic E-state index is 9.10. The predicted molar refractivity (Wildman–Crippen MR) is 72.8 cm³/mol. The zero-order valence-electron chi connectivity index (χ0n) is 11.0. The first kappa shape index (κ1) is 13.1. The minimum absolute atomic E-state index is 0.263. The minimum atomic E-state index is 0.263. The summed E-state index contributed by atoms with van der Waals surface area (Å²) in [6.07, 6.45) is 2.44. The van der Waals surface area contributed by atoms with Crippen LogP contribution in [0.1, 0.15) is 30.9 Å². The van der Waals surface area contributed by atoms with Crippen molar-refractivity contribution in [2.24, 2.45) is 11.7 Å². The fraction of sp³-hybridized carbons (Fsp3) is 0.533. The molecular weight excluding hydrogens is 222 g/mol. The van der Waals surface area contributed by atoms with Crippen molar-refractivity contribution in [1.29, 1.82) is 5.26 Å². The Labute approximate surface area is 109 Å². The van der Waals surface area contributed by atoms with Gasteiger partial charge in [-0.2, -0.15) is 5.26 Å². The maximum Gasteiger partial charge on any atom is 0.0995 e. The van der Waals surface area contributed by atoms with Gasteiger partial charge in [0, 0.05) is 19.1 Å². The third kappa shape index (κ3) is 3.10. The van der Waals surface area contributed by atoms with Crippen LogP contribution in [0.25, 0.3) is 0 Å². The summed E-state index contributed by atoms with van der Waals surface area (Å²) in [6.45, 7) is 5.13. The summed E-state index contributed by atoms with van der Waals surface area (Å²) in [7, 11) is 0. The third-order valence-corrected chi connectivity index (χ3v) is 3.82. The molecule has 1 aliphatic rings. The van der Waals surface area contributed by atoms with E-state index in [0.717, 1.165) is 30.8 Å². The van der Waals surface area contributed by atoms with E-state index in [9.17, 15) is 0 Å². The van der Waals surface area contributed by atoms with E-state index in [0.29, 0.717) is 5.92 Å². The summed E-state index contributed by atoms with van der Waals surface area (Å²) < 4.78 is 0. The first-order valence-corrected chi connectivity index (χ1v) is 6.66. The van der Waals surface area contributed by atoms with E-state index in [-0.39, 0.29) is 6.04 Å². The normalized spacial score (nSPS) is 22.4. The fourth-order valence-electron chi connectivity index (χ4n) is 2.67. The third-order valence-electron chi connectivity index (χ3n) is 3.82. The standard InChI is InChI=1S/C15H21N3/c1-12(17)14-7-4-8-18(10-14)11-15-6-3-2-5-13(15)9-16/h2-3,5-6,12,14H,4,7-8,10-11,17H2,1H3. The van der Waals surface area contributed by atoms with Crippen molar-refractivity contribution in [2.45, 2.75) is 32.4 Å². The van der Waals surface area contributed by atoms with Gasteiger partial charge < -0.3 is 5.73 Å². The van der Waals surface area contributed by atoms with Gasteiger partial charge in [0.15, 0.2) is 0 Å². The summed E-state index contributed by atoms with van der Waals surface area (Å²) in [5, 5.41) is 9.10. The van der Waals surface area contributed by atoms with Crippen molar-refractivity contribution >= 4 is 0 Å². The summed E-state index contributed by atoms with van der Waals surface area (Å²) >= 11 is 0. The Bertz CT molecular complexity index is 434. The number of rotatable bonds is 3. The number of hydrogen-bond acceptors (Lipinski definition) is 3. The molecule has 2 N–H and O–H groups in total. The van der Waals surface area contributed by atoms with Gasteiger partial charge in [-0.15, -0.1) is 0 Å². The SMILES string of the molecule is CC(N)C1CCCN(Cc2ccccc2C#N)C1. The van der Waals surface area contributed by atoms with E-state index in [2.05, 4.69) is 17.9 Å². The van der Waals surface area contributed by atoms with Crippen LogP contribution < -0.4 is 5.73 Å². The zero-order valence-corrected chi connectivity index (χ0v) is 11.0. The summed E-state index contributed by atoms with van der Waals surface area (Å²) in [5.74, 6) is 0.591. The molecule has 1 saturated heterocycles. The van der Waals surface area contributed by atoms with E-state index >= 15 is 0 Å². The van der Waals surface area contributed by atoms with Crippen LogP contribution in [0, 0.1) is 17.2 Å². The largest absolute Gasteiger partial charge is 0.328 e. The van der Waals surface area contributed by atoms with Gasteiger partial charge in [0.2, 0.25) is 0 Å². The lowest BCUT2D eigenvalue weighted by Crippen LogP contribution is -2.42. The van der Waals surface area contributed by atoms with Crippen LogP contribution in [-0.4, -0.2) is 24.0 Å². The van der Waals surface area contributed by atoms with Gasteiger partial charge in [-0.3, -0.25) is 4.90 Å². The molecule has 0 aliphatic carbocycles. The summed E-state index contributed by atoms with van der Waals surface area (Å²) in [5.41, 5.74) is 7.92. The molecule has 0 bridgehead atoms. The first-order chi connectivity index (χ1) is 8.70. The molecule has 1 aromatic rings. The fourth-order valence-corrected chi connectivity index (χ4v) is 2.67. The molecule has 0 spiro atoms. The Morgan fingerprint density at radius 3 is 3.00 bits per heavy atom. The second-order valence-corrected chi connectivity index (χ2v) is 5.27. The topological polar surface area (TPSA) is 53.0 Å². The molecule has 96 valence electrons. The highest BCUT2D eigenvalue weighted by Gasteiger charge is 2.22. The van der Waals surface area contributed by atoms with E-state index in [1.165, 1.54) is 12.8 Å². The Hall–Kier alpha value is -1.37. The molecule has 1 fully saturated rings. The quantitative estimate of drug-likeness (QED) is 0.884. The molecule has 1 aliphatic heterocycles. The zero-order chi connectivity index (χ0) is 13.0. The number of nitrogens with zero attached hydrogens (tertiary/aromatic N) is 2. The average Bonchev–Trinajstić information content (AvgIpc) is 2.39. The van der Waals surface area contributed by atoms with Crippen molar-refractivity contribution in [2.75, 3.05) is 13.1 Å². The molecule has 1 aromatic carbocycles. The molecule has 18 heavy (non-hydrogen) atoms. The van der Waals surface area contributed by atoms with Gasteiger partial charge >= 0.3 is 0 Å². The molecule has 0 aromatic heterocycles. The lowest BCUT2D eigenvalue weighted by molar-refractivity contribution is 0.154. The predicted octanol–water partition coefficient (Wildman–Crippen LogP) is 2.12. The monoisotopic (exact) mass is 243 g/mol. The highest BCUT2D eigenvalue weighted by molar-refractivity contribution is 5.37. The Morgan fingerprint density at radius 2 is 2.28 bits per heavy atom. The minimum Gasteiger partial charge on any atom is -0.328 e. The van der Waals surface area contributed by atoms with Crippen LogP contribution >= 0.6 is 0 Å². The van der Waals surface area contributed by atoms with Crippen LogP contribution in [0.2, 0.25) is 0 Å². The van der Waals surface area contributed by atoms with Gasteiger partial charge in [0.1, 0.15) is 0 Å². The van der Waals surface area contributed by atoms with Crippen molar-refractivity contribution in [3.63, 3.8) is 0 Å². The van der Waals surface area contributed by atoms with E-state index in [4.69, 9.17) is 11.0 Å². The van der Waals surface area contributed by atoms with E-state index < -0.39 is 0 Å². The van der Waals surface area contributed by atoms with Gasteiger partial charge in [0.05, 0.1) is 11.6 Å². The highest BCUT2D eigenvalue weighted by atomic mass is 15.1. The van der Waals surface area contributed by atoms with E-state index in [1.807, 2.05) is 24.3 Å². The summed E-state index contributed by atoms with van der Waals surface area (Å²) in [4.78, 5) is 2.42. The molecule has 1 heterocycles. The molecular formula is C15H21N3. The smallest absolute Gasteiger partial charge is 0.0995 e. The van der Waals surface area contributed by atoms with Crippen LogP contribution in [-0.2, 0) is 6.54 Å². The number of piperidine rings is 1. The van der Waals surface area contributed by atoms with Crippen LogP contribution in [0.5, 0.6) is 0 Å². The second-order valence-electron chi connectivity index (χ2n) is 5.27. The van der Waals surface area contributed by atoms with Crippen LogP contribution in [0.4, 0.5) is 0 Å². The number of hydrogen-bond donors (Lipinski definition) is 1. The Balaban J connectivity index is 2.03. The number of nitriles is 1. The lowest BCUT2D eigenvalue weighted by atomic mass is 9.92. The van der Waals surface area contributed by atoms with Gasteiger partial charge in [-0.05, 0) is 43.9 Å². The molecule has 3 heteroatoms. The molecule has 0 amide bonds. The molecule has 2 rings (SSSR count).